The molecule has 0 aliphatic carbocycles. The average molecular weight is 320 g/mol. The van der Waals surface area contributed by atoms with Crippen LogP contribution in [0.3, 0.4) is 0 Å². The zero-order chi connectivity index (χ0) is 15.7. The van der Waals surface area contributed by atoms with Crippen molar-refractivity contribution in [3.8, 4) is 16.9 Å². The number of halogens is 2. The molecule has 3 rings (SSSR count). The molecule has 0 bridgehead atoms. The van der Waals surface area contributed by atoms with Gasteiger partial charge in [0.25, 0.3) is 5.91 Å². The van der Waals surface area contributed by atoms with Crippen molar-refractivity contribution >= 4 is 17.5 Å². The summed E-state index contributed by atoms with van der Waals surface area (Å²) in [7, 11) is 0. The van der Waals surface area contributed by atoms with Crippen molar-refractivity contribution in [2.75, 3.05) is 13.1 Å². The van der Waals surface area contributed by atoms with E-state index in [4.69, 9.17) is 11.6 Å². The third-order valence-corrected chi connectivity index (χ3v) is 4.10. The van der Waals surface area contributed by atoms with Gasteiger partial charge < -0.3 is 10.0 Å². The minimum atomic E-state index is -0.589. The Hall–Kier alpha value is -2.07. The highest BCUT2D eigenvalue weighted by Gasteiger charge is 2.22. The quantitative estimate of drug-likeness (QED) is 0.905. The molecule has 0 atom stereocenters. The first-order valence-corrected chi connectivity index (χ1v) is 7.52. The average Bonchev–Trinajstić information content (AvgIpc) is 3.03. The highest BCUT2D eigenvalue weighted by Crippen LogP contribution is 2.32. The molecule has 1 fully saturated rings. The number of rotatable bonds is 2. The van der Waals surface area contributed by atoms with Gasteiger partial charge in [0.05, 0.1) is 5.56 Å². The summed E-state index contributed by atoms with van der Waals surface area (Å²) < 4.78 is 14.3. The molecule has 1 aliphatic rings. The third-order valence-electron chi connectivity index (χ3n) is 3.86. The molecule has 1 heterocycles. The fourth-order valence-electron chi connectivity index (χ4n) is 2.69. The molecule has 2 aromatic carbocycles. The van der Waals surface area contributed by atoms with Gasteiger partial charge in [0.15, 0.2) is 0 Å². The maximum Gasteiger partial charge on any atom is 0.256 e. The first-order valence-electron chi connectivity index (χ1n) is 7.14. The number of hydrogen-bond donors (Lipinski definition) is 1. The number of likely N-dealkylation sites (tertiary alicyclic amines) is 1. The van der Waals surface area contributed by atoms with Gasteiger partial charge in [-0.25, -0.2) is 4.39 Å². The van der Waals surface area contributed by atoms with Crippen LogP contribution in [0.4, 0.5) is 4.39 Å². The molecule has 1 amide bonds. The van der Waals surface area contributed by atoms with Crippen molar-refractivity contribution in [3.05, 3.63) is 52.8 Å². The number of hydrogen-bond acceptors (Lipinski definition) is 2. The minimum absolute atomic E-state index is 0.0161. The number of carbonyl (C=O) groups excluding carboxylic acids is 1. The van der Waals surface area contributed by atoms with Crippen LogP contribution in [0.5, 0.6) is 5.75 Å². The number of phenolic OH excluding ortho intramolecular Hbond substituents is 1. The zero-order valence-electron chi connectivity index (χ0n) is 11.9. The first kappa shape index (κ1) is 14.9. The lowest BCUT2D eigenvalue weighted by atomic mass is 10.0. The molecule has 3 nitrogen and oxygen atoms in total. The standard InChI is InChI=1S/C17H15ClFNO2/c18-12-4-6-16(21)14(10-12)11-3-5-13(15(19)9-11)17(22)20-7-1-2-8-20/h3-6,9-10,21H,1-2,7-8H2. The van der Waals surface area contributed by atoms with Crippen LogP contribution in [0.15, 0.2) is 36.4 Å². The molecule has 0 saturated carbocycles. The van der Waals surface area contributed by atoms with Crippen molar-refractivity contribution in [1.29, 1.82) is 0 Å². The second kappa shape index (κ2) is 5.97. The van der Waals surface area contributed by atoms with E-state index < -0.39 is 5.82 Å². The lowest BCUT2D eigenvalue weighted by molar-refractivity contribution is 0.0788. The van der Waals surface area contributed by atoms with Gasteiger partial charge >= 0.3 is 0 Å². The van der Waals surface area contributed by atoms with Crippen LogP contribution < -0.4 is 0 Å². The predicted molar refractivity (Wildman–Crippen MR) is 83.6 cm³/mol. The van der Waals surface area contributed by atoms with Gasteiger partial charge in [-0.05, 0) is 48.7 Å². The molecule has 1 saturated heterocycles. The fourth-order valence-corrected chi connectivity index (χ4v) is 2.86. The van der Waals surface area contributed by atoms with Crippen molar-refractivity contribution in [1.82, 2.24) is 4.90 Å². The number of nitrogens with zero attached hydrogens (tertiary/aromatic N) is 1. The van der Waals surface area contributed by atoms with Gasteiger partial charge in [0.1, 0.15) is 11.6 Å². The van der Waals surface area contributed by atoms with Gasteiger partial charge in [-0.2, -0.15) is 0 Å². The van der Waals surface area contributed by atoms with E-state index in [1.54, 1.807) is 23.1 Å². The monoisotopic (exact) mass is 319 g/mol. The summed E-state index contributed by atoms with van der Waals surface area (Å²) in [6.45, 7) is 1.35. The summed E-state index contributed by atoms with van der Waals surface area (Å²) in [5.41, 5.74) is 0.981. The van der Waals surface area contributed by atoms with Gasteiger partial charge in [0.2, 0.25) is 0 Å². The van der Waals surface area contributed by atoms with Crippen LogP contribution >= 0.6 is 11.6 Å². The van der Waals surface area contributed by atoms with E-state index in [0.29, 0.717) is 29.2 Å². The summed E-state index contributed by atoms with van der Waals surface area (Å²) in [4.78, 5) is 13.9. The Labute approximate surface area is 132 Å². The zero-order valence-corrected chi connectivity index (χ0v) is 12.6. The summed E-state index contributed by atoms with van der Waals surface area (Å²) >= 11 is 5.91. The van der Waals surface area contributed by atoms with E-state index in [9.17, 15) is 14.3 Å². The Balaban J connectivity index is 1.95. The fraction of sp³-hybridized carbons (Fsp3) is 0.235. The number of aromatic hydroxyl groups is 1. The predicted octanol–water partition coefficient (Wildman–Crippen LogP) is 4.09. The Morgan fingerprint density at radius 3 is 2.55 bits per heavy atom. The molecule has 1 N–H and O–H groups in total. The van der Waals surface area contributed by atoms with Crippen molar-refractivity contribution < 1.29 is 14.3 Å². The normalized spacial score (nSPS) is 14.4. The molecule has 0 unspecified atom stereocenters. The van der Waals surface area contributed by atoms with E-state index in [-0.39, 0.29) is 17.2 Å². The van der Waals surface area contributed by atoms with Crippen LogP contribution in [0.2, 0.25) is 5.02 Å². The van der Waals surface area contributed by atoms with E-state index in [1.165, 1.54) is 18.2 Å². The Morgan fingerprint density at radius 2 is 1.86 bits per heavy atom. The molecular formula is C17H15ClFNO2. The minimum Gasteiger partial charge on any atom is -0.507 e. The largest absolute Gasteiger partial charge is 0.507 e. The molecule has 0 spiro atoms. The lowest BCUT2D eigenvalue weighted by Crippen LogP contribution is -2.28. The van der Waals surface area contributed by atoms with Gasteiger partial charge in [-0.3, -0.25) is 4.79 Å². The maximum atomic E-state index is 14.3. The lowest BCUT2D eigenvalue weighted by Gasteiger charge is -2.16. The van der Waals surface area contributed by atoms with Crippen molar-refractivity contribution in [2.45, 2.75) is 12.8 Å². The summed E-state index contributed by atoms with van der Waals surface area (Å²) in [5.74, 6) is -0.854. The van der Waals surface area contributed by atoms with Gasteiger partial charge in [0, 0.05) is 23.7 Å². The second-order valence-electron chi connectivity index (χ2n) is 5.36. The Kier molecular flexibility index (Phi) is 4.03. The summed E-state index contributed by atoms with van der Waals surface area (Å²) in [5, 5.41) is 10.3. The maximum absolute atomic E-state index is 14.3. The van der Waals surface area contributed by atoms with Crippen LogP contribution in [0.25, 0.3) is 11.1 Å². The van der Waals surface area contributed by atoms with E-state index in [1.807, 2.05) is 0 Å². The molecule has 0 radical (unpaired) electrons. The van der Waals surface area contributed by atoms with Crippen LogP contribution in [0, 0.1) is 5.82 Å². The van der Waals surface area contributed by atoms with Gasteiger partial charge in [-0.1, -0.05) is 17.7 Å². The number of benzene rings is 2. The summed E-state index contributed by atoms with van der Waals surface area (Å²) in [6, 6.07) is 8.92. The van der Waals surface area contributed by atoms with E-state index >= 15 is 0 Å². The molecule has 114 valence electrons. The van der Waals surface area contributed by atoms with E-state index in [0.717, 1.165) is 12.8 Å². The molecule has 1 aliphatic heterocycles. The Bertz CT molecular complexity index is 727. The molecule has 5 heteroatoms. The van der Waals surface area contributed by atoms with Crippen LogP contribution in [-0.2, 0) is 0 Å². The number of phenols is 1. The Morgan fingerprint density at radius 1 is 1.14 bits per heavy atom. The highest BCUT2D eigenvalue weighted by molar-refractivity contribution is 6.31. The van der Waals surface area contributed by atoms with Crippen molar-refractivity contribution in [2.24, 2.45) is 0 Å². The molecule has 2 aromatic rings. The number of carbonyl (C=O) groups is 1. The number of amides is 1. The second-order valence-corrected chi connectivity index (χ2v) is 5.79. The topological polar surface area (TPSA) is 40.5 Å². The first-order chi connectivity index (χ1) is 10.6. The van der Waals surface area contributed by atoms with Gasteiger partial charge in [-0.15, -0.1) is 0 Å². The molecule has 22 heavy (non-hydrogen) atoms. The van der Waals surface area contributed by atoms with Crippen molar-refractivity contribution in [3.63, 3.8) is 0 Å². The smallest absolute Gasteiger partial charge is 0.256 e. The SMILES string of the molecule is O=C(c1ccc(-c2cc(Cl)ccc2O)cc1F)N1CCCC1. The highest BCUT2D eigenvalue weighted by atomic mass is 35.5. The molecular weight excluding hydrogens is 305 g/mol. The van der Waals surface area contributed by atoms with Crippen LogP contribution in [0.1, 0.15) is 23.2 Å². The molecule has 0 aromatic heterocycles. The third kappa shape index (κ3) is 2.79. The summed E-state index contributed by atoms with van der Waals surface area (Å²) in [6.07, 6.45) is 1.92. The van der Waals surface area contributed by atoms with Crippen LogP contribution in [-0.4, -0.2) is 29.0 Å². The van der Waals surface area contributed by atoms with E-state index in [2.05, 4.69) is 0 Å².